The van der Waals surface area contributed by atoms with Gasteiger partial charge in [-0.25, -0.2) is 4.79 Å². The van der Waals surface area contributed by atoms with Crippen LogP contribution in [0.1, 0.15) is 11.1 Å². The summed E-state index contributed by atoms with van der Waals surface area (Å²) >= 11 is 0. The van der Waals surface area contributed by atoms with Crippen LogP contribution in [-0.4, -0.2) is 41.2 Å². The van der Waals surface area contributed by atoms with E-state index in [-0.39, 0.29) is 0 Å². The molecule has 26 heavy (non-hydrogen) atoms. The van der Waals surface area contributed by atoms with Crippen LogP contribution in [-0.2, 0) is 25.6 Å². The number of benzene rings is 2. The number of hydrogen-bond acceptors (Lipinski definition) is 5. The van der Waals surface area contributed by atoms with Gasteiger partial charge < -0.3 is 19.5 Å². The third-order valence-electron chi connectivity index (χ3n) is 4.04. The molecule has 1 aliphatic heterocycles. The molecule has 2 aromatic carbocycles. The summed E-state index contributed by atoms with van der Waals surface area (Å²) < 4.78 is 10.2. The van der Waals surface area contributed by atoms with Gasteiger partial charge in [-0.15, -0.1) is 0 Å². The molecule has 0 fully saturated rings. The molecule has 0 aromatic heterocycles. The SMILES string of the molecule is COC(=O)[C@H](O)[C@@H]1OC(c2ccccc2)=CN(Cc2ccccc2)C1=O. The Morgan fingerprint density at radius 2 is 1.77 bits per heavy atom. The van der Waals surface area contributed by atoms with E-state index in [1.807, 2.05) is 60.7 Å². The van der Waals surface area contributed by atoms with Crippen molar-refractivity contribution in [1.29, 1.82) is 0 Å². The minimum atomic E-state index is -1.71. The lowest BCUT2D eigenvalue weighted by Crippen LogP contribution is -2.49. The van der Waals surface area contributed by atoms with Crippen LogP contribution in [0.3, 0.4) is 0 Å². The van der Waals surface area contributed by atoms with Gasteiger partial charge >= 0.3 is 5.97 Å². The predicted octanol–water partition coefficient (Wildman–Crippen LogP) is 1.95. The van der Waals surface area contributed by atoms with Gasteiger partial charge in [-0.2, -0.15) is 0 Å². The smallest absolute Gasteiger partial charge is 0.339 e. The van der Waals surface area contributed by atoms with E-state index >= 15 is 0 Å². The topological polar surface area (TPSA) is 76.1 Å². The molecule has 134 valence electrons. The van der Waals surface area contributed by atoms with Crippen molar-refractivity contribution >= 4 is 17.6 Å². The molecular formula is C20H19NO5. The minimum absolute atomic E-state index is 0.295. The van der Waals surface area contributed by atoms with Crippen molar-refractivity contribution in [2.24, 2.45) is 0 Å². The first-order valence-corrected chi connectivity index (χ1v) is 8.14. The van der Waals surface area contributed by atoms with Gasteiger partial charge in [-0.1, -0.05) is 60.7 Å². The van der Waals surface area contributed by atoms with E-state index in [1.54, 1.807) is 6.20 Å². The Morgan fingerprint density at radius 3 is 2.38 bits per heavy atom. The maximum absolute atomic E-state index is 12.8. The number of carbonyl (C=O) groups excluding carboxylic acids is 2. The second-order valence-corrected chi connectivity index (χ2v) is 5.82. The molecule has 0 saturated heterocycles. The maximum Gasteiger partial charge on any atom is 0.339 e. The fraction of sp³-hybridized carbons (Fsp3) is 0.200. The van der Waals surface area contributed by atoms with Crippen LogP contribution < -0.4 is 0 Å². The van der Waals surface area contributed by atoms with Crippen molar-refractivity contribution in [3.63, 3.8) is 0 Å². The molecule has 6 heteroatoms. The van der Waals surface area contributed by atoms with Crippen molar-refractivity contribution in [2.75, 3.05) is 7.11 Å². The highest BCUT2D eigenvalue weighted by Crippen LogP contribution is 2.27. The number of aliphatic hydroxyl groups excluding tert-OH is 1. The second kappa shape index (κ2) is 7.84. The summed E-state index contributed by atoms with van der Waals surface area (Å²) in [6.45, 7) is 0.295. The molecule has 2 aromatic rings. The summed E-state index contributed by atoms with van der Waals surface area (Å²) in [5.74, 6) is -1.03. The normalized spacial score (nSPS) is 17.9. The van der Waals surface area contributed by atoms with E-state index in [9.17, 15) is 14.7 Å². The summed E-state index contributed by atoms with van der Waals surface area (Å²) in [4.78, 5) is 25.9. The van der Waals surface area contributed by atoms with Gasteiger partial charge in [-0.3, -0.25) is 4.79 Å². The zero-order valence-corrected chi connectivity index (χ0v) is 14.2. The van der Waals surface area contributed by atoms with E-state index in [4.69, 9.17) is 4.74 Å². The maximum atomic E-state index is 12.8. The van der Waals surface area contributed by atoms with Gasteiger partial charge in [0.2, 0.25) is 6.10 Å². The molecule has 0 bridgehead atoms. The van der Waals surface area contributed by atoms with Crippen molar-refractivity contribution in [3.05, 3.63) is 78.0 Å². The Balaban J connectivity index is 1.94. The highest BCUT2D eigenvalue weighted by atomic mass is 16.6. The van der Waals surface area contributed by atoms with Gasteiger partial charge in [0.1, 0.15) is 5.76 Å². The first-order valence-electron chi connectivity index (χ1n) is 8.14. The van der Waals surface area contributed by atoms with Crippen LogP contribution in [0.5, 0.6) is 0 Å². The third-order valence-corrected chi connectivity index (χ3v) is 4.04. The summed E-state index contributed by atoms with van der Waals surface area (Å²) in [6, 6.07) is 18.6. The fourth-order valence-corrected chi connectivity index (χ4v) is 2.68. The number of ether oxygens (including phenoxy) is 2. The molecule has 2 atom stereocenters. The molecule has 1 amide bonds. The molecule has 1 aliphatic rings. The van der Waals surface area contributed by atoms with Gasteiger partial charge in [0.05, 0.1) is 19.9 Å². The number of rotatable bonds is 5. The summed E-state index contributed by atoms with van der Waals surface area (Å²) in [5.41, 5.74) is 1.65. The van der Waals surface area contributed by atoms with Crippen molar-refractivity contribution in [2.45, 2.75) is 18.8 Å². The van der Waals surface area contributed by atoms with Crippen LogP contribution in [0.4, 0.5) is 0 Å². The molecule has 1 N–H and O–H groups in total. The number of aliphatic hydroxyl groups is 1. The molecule has 0 saturated carbocycles. The predicted molar refractivity (Wildman–Crippen MR) is 94.3 cm³/mol. The summed E-state index contributed by atoms with van der Waals surface area (Å²) in [5, 5.41) is 10.2. The largest absolute Gasteiger partial charge is 0.475 e. The minimum Gasteiger partial charge on any atom is -0.475 e. The Bertz CT molecular complexity index is 803. The summed E-state index contributed by atoms with van der Waals surface area (Å²) in [7, 11) is 1.15. The van der Waals surface area contributed by atoms with Crippen LogP contribution in [0.25, 0.3) is 5.76 Å². The third kappa shape index (κ3) is 3.75. The average molecular weight is 353 g/mol. The molecule has 0 spiro atoms. The van der Waals surface area contributed by atoms with Crippen LogP contribution in [0.2, 0.25) is 0 Å². The van der Waals surface area contributed by atoms with E-state index in [1.165, 1.54) is 4.90 Å². The fourth-order valence-electron chi connectivity index (χ4n) is 2.68. The van der Waals surface area contributed by atoms with Crippen LogP contribution in [0, 0.1) is 0 Å². The highest BCUT2D eigenvalue weighted by molar-refractivity contribution is 5.91. The number of hydrogen-bond donors (Lipinski definition) is 1. The Morgan fingerprint density at radius 1 is 1.15 bits per heavy atom. The first-order chi connectivity index (χ1) is 12.6. The van der Waals surface area contributed by atoms with Crippen molar-refractivity contribution < 1.29 is 24.2 Å². The quantitative estimate of drug-likeness (QED) is 0.832. The van der Waals surface area contributed by atoms with Gasteiger partial charge in [0.25, 0.3) is 5.91 Å². The number of nitrogens with zero attached hydrogens (tertiary/aromatic N) is 1. The van der Waals surface area contributed by atoms with E-state index < -0.39 is 24.1 Å². The molecule has 6 nitrogen and oxygen atoms in total. The van der Waals surface area contributed by atoms with Gasteiger partial charge in [0.15, 0.2) is 6.10 Å². The van der Waals surface area contributed by atoms with Crippen molar-refractivity contribution in [1.82, 2.24) is 4.90 Å². The Kier molecular flexibility index (Phi) is 5.34. The van der Waals surface area contributed by atoms with E-state index in [0.717, 1.165) is 18.2 Å². The van der Waals surface area contributed by atoms with Gasteiger partial charge in [-0.05, 0) is 5.56 Å². The number of carbonyl (C=O) groups is 2. The standard InChI is InChI=1S/C20H19NO5/c1-25-20(24)17(22)18-19(23)21(12-14-8-4-2-5-9-14)13-16(26-18)15-10-6-3-7-11-15/h2-11,13,17-18,22H,12H2,1H3/t17-,18+/m1/s1. The number of amides is 1. The monoisotopic (exact) mass is 353 g/mol. The Labute approximate surface area is 151 Å². The van der Waals surface area contributed by atoms with E-state index in [0.29, 0.717) is 12.3 Å². The zero-order valence-electron chi connectivity index (χ0n) is 14.2. The molecule has 3 rings (SSSR count). The second-order valence-electron chi connectivity index (χ2n) is 5.82. The van der Waals surface area contributed by atoms with Crippen molar-refractivity contribution in [3.8, 4) is 0 Å². The molecule has 0 unspecified atom stereocenters. The van der Waals surface area contributed by atoms with Gasteiger partial charge in [0, 0.05) is 5.56 Å². The lowest BCUT2D eigenvalue weighted by molar-refractivity contribution is -0.164. The van der Waals surface area contributed by atoms with E-state index in [2.05, 4.69) is 4.74 Å². The number of methoxy groups -OCH3 is 1. The zero-order chi connectivity index (χ0) is 18.5. The lowest BCUT2D eigenvalue weighted by atomic mass is 10.1. The van der Waals surface area contributed by atoms with Crippen LogP contribution in [0.15, 0.2) is 66.9 Å². The molecule has 1 heterocycles. The summed E-state index contributed by atoms with van der Waals surface area (Å²) in [6.07, 6.45) is -1.49. The van der Waals surface area contributed by atoms with Crippen LogP contribution >= 0.6 is 0 Å². The average Bonchev–Trinajstić information content (AvgIpc) is 2.69. The Hall–Kier alpha value is -3.12. The first kappa shape index (κ1) is 17.7. The number of esters is 1. The molecule has 0 aliphatic carbocycles. The molecule has 0 radical (unpaired) electrons. The molecular weight excluding hydrogens is 334 g/mol. The lowest BCUT2D eigenvalue weighted by Gasteiger charge is -2.33. The highest BCUT2D eigenvalue weighted by Gasteiger charge is 2.40.